The number of nitrogens with zero attached hydrogens (tertiary/aromatic N) is 6. The summed E-state index contributed by atoms with van der Waals surface area (Å²) in [7, 11) is 0. The van der Waals surface area contributed by atoms with E-state index in [1.807, 2.05) is 71.3 Å². The largest absolute Gasteiger partial charge is 0.383 e. The minimum Gasteiger partial charge on any atom is -0.383 e. The van der Waals surface area contributed by atoms with Crippen molar-refractivity contribution in [2.24, 2.45) is 0 Å². The Morgan fingerprint density at radius 1 is 0.956 bits per heavy atom. The van der Waals surface area contributed by atoms with Crippen molar-refractivity contribution in [2.45, 2.75) is 18.9 Å². The number of anilines is 1. The Labute approximate surface area is 256 Å². The van der Waals surface area contributed by atoms with Gasteiger partial charge in [0.15, 0.2) is 17.8 Å². The third kappa shape index (κ3) is 4.49. The highest BCUT2D eigenvalue weighted by Crippen LogP contribution is 2.36. The molecule has 218 valence electrons. The molecule has 0 aliphatic heterocycles. The highest BCUT2D eigenvalue weighted by Gasteiger charge is 2.27. The van der Waals surface area contributed by atoms with E-state index < -0.39 is 0 Å². The Morgan fingerprint density at radius 2 is 1.84 bits per heavy atom. The number of aromatic nitrogens is 7. The van der Waals surface area contributed by atoms with Gasteiger partial charge in [-0.3, -0.25) is 14.2 Å². The minimum absolute atomic E-state index is 0.190. The molecule has 0 bridgehead atoms. The van der Waals surface area contributed by atoms with Crippen LogP contribution in [-0.4, -0.2) is 47.1 Å². The summed E-state index contributed by atoms with van der Waals surface area (Å²) in [5, 5.41) is 13.7. The van der Waals surface area contributed by atoms with Crippen molar-refractivity contribution >= 4 is 40.2 Å². The monoisotopic (exact) mass is 591 g/mol. The fraction of sp³-hybridized carbons (Fsp3) is 0.0882. The number of carbonyl (C=O) groups excluding carboxylic acids is 2. The Kier molecular flexibility index (Phi) is 6.15. The van der Waals surface area contributed by atoms with E-state index in [0.29, 0.717) is 51.3 Å². The molecule has 11 heteroatoms. The molecule has 1 atom stereocenters. The zero-order chi connectivity index (χ0) is 30.5. The number of aryl methyl sites for hydroxylation is 1. The number of H-pyrrole nitrogens is 1. The summed E-state index contributed by atoms with van der Waals surface area (Å²) in [4.78, 5) is 39.2. The number of nitrogens with two attached hydrogens (primary N) is 1. The summed E-state index contributed by atoms with van der Waals surface area (Å²) >= 11 is 0. The average Bonchev–Trinajstić information content (AvgIpc) is 3.81. The Balaban J connectivity index is 1.18. The fourth-order valence-corrected chi connectivity index (χ4v) is 6.09. The molecule has 1 amide bonds. The summed E-state index contributed by atoms with van der Waals surface area (Å²) in [6.45, 7) is 0. The van der Waals surface area contributed by atoms with E-state index >= 15 is 0 Å². The number of nitrogens with one attached hydrogen (secondary N) is 2. The molecule has 0 spiro atoms. The number of imidazole rings is 1. The average molecular weight is 592 g/mol. The molecule has 4 heterocycles. The van der Waals surface area contributed by atoms with Crippen molar-refractivity contribution in [3.63, 3.8) is 0 Å². The lowest BCUT2D eigenvalue weighted by molar-refractivity contribution is 0.0937. The van der Waals surface area contributed by atoms with Gasteiger partial charge in [0.05, 0.1) is 17.3 Å². The maximum absolute atomic E-state index is 13.3. The van der Waals surface area contributed by atoms with Gasteiger partial charge in [0.25, 0.3) is 5.91 Å². The number of hydrogen-bond acceptors (Lipinski definition) is 8. The number of fused-ring (bicyclic) bond motifs is 3. The molecule has 0 saturated heterocycles. The van der Waals surface area contributed by atoms with Crippen LogP contribution < -0.4 is 11.1 Å². The number of nitrogen functional groups attached to an aromatic ring is 1. The van der Waals surface area contributed by atoms with E-state index in [4.69, 9.17) is 15.7 Å². The molecule has 1 aliphatic rings. The number of benzene rings is 3. The van der Waals surface area contributed by atoms with Gasteiger partial charge >= 0.3 is 0 Å². The molecule has 4 aromatic heterocycles. The molecule has 1 unspecified atom stereocenters. The van der Waals surface area contributed by atoms with Crippen LogP contribution in [0, 0.1) is 0 Å². The van der Waals surface area contributed by atoms with E-state index in [1.54, 1.807) is 18.3 Å². The van der Waals surface area contributed by atoms with Gasteiger partial charge in [-0.2, -0.15) is 15.4 Å². The third-order valence-electron chi connectivity index (χ3n) is 8.26. The first-order valence-electron chi connectivity index (χ1n) is 14.5. The predicted molar refractivity (Wildman–Crippen MR) is 170 cm³/mol. The lowest BCUT2D eigenvalue weighted by Crippen LogP contribution is -2.27. The van der Waals surface area contributed by atoms with Crippen molar-refractivity contribution in [1.82, 2.24) is 40.2 Å². The van der Waals surface area contributed by atoms with Gasteiger partial charge in [0.2, 0.25) is 0 Å². The van der Waals surface area contributed by atoms with Crippen molar-refractivity contribution in [3.05, 3.63) is 113 Å². The molecule has 11 nitrogen and oxygen atoms in total. The number of hydrogen-bond donors (Lipinski definition) is 3. The van der Waals surface area contributed by atoms with Crippen LogP contribution >= 0.6 is 0 Å². The molecule has 1 aliphatic carbocycles. The highest BCUT2D eigenvalue weighted by atomic mass is 16.1. The van der Waals surface area contributed by atoms with Crippen molar-refractivity contribution < 1.29 is 9.59 Å². The van der Waals surface area contributed by atoms with Crippen LogP contribution in [0.25, 0.3) is 50.5 Å². The standard InChI is InChI=1S/C34H25N9O2/c35-31-25(7-4-14-36-31)32-38-28-13-12-26(19-5-2-1-3-6-19)37-33(28)43(32)23-9-10-24-20(16-23)8-11-27(24)39-34(45)21-15-22(18-44)30-29(17-21)40-42-41-30/h1-7,9-10,12-18,27H,8,11H2,(H2,35,36)(H,39,45)(H,40,41,42). The topological polar surface area (TPSA) is 157 Å². The van der Waals surface area contributed by atoms with Crippen molar-refractivity contribution in [3.8, 4) is 28.3 Å². The molecule has 3 aromatic carbocycles. The second kappa shape index (κ2) is 10.5. The maximum atomic E-state index is 13.3. The highest BCUT2D eigenvalue weighted by molar-refractivity contribution is 6.02. The first-order valence-corrected chi connectivity index (χ1v) is 14.5. The Bertz CT molecular complexity index is 2270. The fourth-order valence-electron chi connectivity index (χ4n) is 6.09. The molecule has 0 fully saturated rings. The summed E-state index contributed by atoms with van der Waals surface area (Å²) in [5.74, 6) is 0.741. The molecular weight excluding hydrogens is 566 g/mol. The van der Waals surface area contributed by atoms with Gasteiger partial charge in [-0.25, -0.2) is 15.0 Å². The van der Waals surface area contributed by atoms with E-state index in [-0.39, 0.29) is 11.9 Å². The molecular formula is C34H25N9O2. The number of aromatic amines is 1. The van der Waals surface area contributed by atoms with Gasteiger partial charge in [-0.05, 0) is 72.5 Å². The maximum Gasteiger partial charge on any atom is 0.251 e. The molecule has 4 N–H and O–H groups in total. The summed E-state index contributed by atoms with van der Waals surface area (Å²) in [6.07, 6.45) is 3.85. The van der Waals surface area contributed by atoms with E-state index in [9.17, 15) is 9.59 Å². The molecule has 0 radical (unpaired) electrons. The molecule has 0 saturated carbocycles. The van der Waals surface area contributed by atoms with Gasteiger partial charge in [0, 0.05) is 28.6 Å². The minimum atomic E-state index is -0.280. The van der Waals surface area contributed by atoms with Crippen LogP contribution in [-0.2, 0) is 6.42 Å². The number of rotatable bonds is 6. The van der Waals surface area contributed by atoms with Gasteiger partial charge in [-0.15, -0.1) is 0 Å². The summed E-state index contributed by atoms with van der Waals surface area (Å²) < 4.78 is 2.02. The van der Waals surface area contributed by atoms with E-state index in [2.05, 4.69) is 31.8 Å². The summed E-state index contributed by atoms with van der Waals surface area (Å²) in [5.41, 5.74) is 14.9. The first kappa shape index (κ1) is 26.4. The van der Waals surface area contributed by atoms with Crippen LogP contribution in [0.3, 0.4) is 0 Å². The van der Waals surface area contributed by atoms with E-state index in [0.717, 1.165) is 46.4 Å². The zero-order valence-electron chi connectivity index (χ0n) is 23.8. The second-order valence-electron chi connectivity index (χ2n) is 10.9. The third-order valence-corrected chi connectivity index (χ3v) is 8.26. The lowest BCUT2D eigenvalue weighted by atomic mass is 10.1. The molecule has 8 rings (SSSR count). The summed E-state index contributed by atoms with van der Waals surface area (Å²) in [6, 6.07) is 26.9. The quantitative estimate of drug-likeness (QED) is 0.222. The van der Waals surface area contributed by atoms with Crippen molar-refractivity contribution in [2.75, 3.05) is 5.73 Å². The first-order chi connectivity index (χ1) is 22.1. The van der Waals surface area contributed by atoms with Crippen molar-refractivity contribution in [1.29, 1.82) is 0 Å². The molecule has 7 aromatic rings. The number of carbonyl (C=O) groups is 2. The van der Waals surface area contributed by atoms with Gasteiger partial charge in [0.1, 0.15) is 22.4 Å². The smallest absolute Gasteiger partial charge is 0.251 e. The lowest BCUT2D eigenvalue weighted by Gasteiger charge is -2.16. The van der Waals surface area contributed by atoms with Crippen LogP contribution in [0.1, 0.15) is 44.3 Å². The molecule has 45 heavy (non-hydrogen) atoms. The number of amides is 1. The van der Waals surface area contributed by atoms with Crippen LogP contribution in [0.2, 0.25) is 0 Å². The van der Waals surface area contributed by atoms with Gasteiger partial charge in [-0.1, -0.05) is 36.4 Å². The normalized spacial score (nSPS) is 14.1. The Hall–Kier alpha value is -6.23. The number of aldehydes is 1. The number of pyridine rings is 2. The SMILES string of the molecule is Nc1ncccc1-c1nc2ccc(-c3ccccc3)nc2n1-c1ccc2c(c1)CCC2NC(=O)c1cc(C=O)c2n[nH]nc2c1. The van der Waals surface area contributed by atoms with Crippen LogP contribution in [0.5, 0.6) is 0 Å². The Morgan fingerprint density at radius 3 is 2.69 bits per heavy atom. The zero-order valence-corrected chi connectivity index (χ0v) is 23.8. The predicted octanol–water partition coefficient (Wildman–Crippen LogP) is 5.23. The second-order valence-corrected chi connectivity index (χ2v) is 10.9. The van der Waals surface area contributed by atoms with Crippen LogP contribution in [0.4, 0.5) is 5.82 Å². The van der Waals surface area contributed by atoms with Gasteiger partial charge < -0.3 is 11.1 Å². The van der Waals surface area contributed by atoms with E-state index in [1.165, 1.54) is 0 Å². The van der Waals surface area contributed by atoms with Crippen LogP contribution in [0.15, 0.2) is 91.1 Å².